The molecule has 14 aromatic rings. The zero-order valence-electron chi connectivity index (χ0n) is 34.7. The van der Waals surface area contributed by atoms with E-state index in [1.54, 1.807) is 0 Å². The van der Waals surface area contributed by atoms with Gasteiger partial charge in [0.1, 0.15) is 11.2 Å². The number of furan rings is 1. The Morgan fingerprint density at radius 3 is 1.77 bits per heavy atom. The highest BCUT2D eigenvalue weighted by Gasteiger charge is 2.27. The van der Waals surface area contributed by atoms with Gasteiger partial charge < -0.3 is 13.4 Å². The van der Waals surface area contributed by atoms with Gasteiger partial charge in [0.2, 0.25) is 0 Å². The fourth-order valence-corrected chi connectivity index (χ4v) is 10.6. The van der Waals surface area contributed by atoms with Gasteiger partial charge in [0.25, 0.3) is 0 Å². The molecular weight excluding hydrogens is 781 g/mol. The second kappa shape index (κ2) is 13.2. The molecule has 14 rings (SSSR count). The van der Waals surface area contributed by atoms with Crippen molar-refractivity contribution in [2.45, 2.75) is 6.92 Å². The Balaban J connectivity index is 1.09. The first-order valence-electron chi connectivity index (χ1n) is 21.8. The van der Waals surface area contributed by atoms with Gasteiger partial charge in [-0.3, -0.25) is 0 Å². The van der Waals surface area contributed by atoms with Crippen LogP contribution in [0.1, 0.15) is 5.56 Å². The Bertz CT molecular complexity index is 4190. The molecule has 5 nitrogen and oxygen atoms in total. The molecule has 0 atom stereocenters. The van der Waals surface area contributed by atoms with E-state index in [2.05, 4.69) is 204 Å². The molecular formula is C59H36N4O. The summed E-state index contributed by atoms with van der Waals surface area (Å²) in [5.41, 5.74) is 16.6. The second-order valence-electron chi connectivity index (χ2n) is 16.9. The van der Waals surface area contributed by atoms with Crippen LogP contribution in [0.2, 0.25) is 0 Å². The lowest BCUT2D eigenvalue weighted by Crippen LogP contribution is -2.01. The minimum Gasteiger partial charge on any atom is -0.455 e. The average molecular weight is 817 g/mol. The van der Waals surface area contributed by atoms with Gasteiger partial charge in [-0.2, -0.15) is 0 Å². The van der Waals surface area contributed by atoms with E-state index in [0.717, 1.165) is 77.9 Å². The maximum atomic E-state index is 7.08. The van der Waals surface area contributed by atoms with E-state index in [0.29, 0.717) is 5.82 Å². The van der Waals surface area contributed by atoms with Gasteiger partial charge in [0, 0.05) is 60.0 Å². The van der Waals surface area contributed by atoms with Gasteiger partial charge in [-0.15, -0.1) is 0 Å². The minimum absolute atomic E-state index is 0.661. The van der Waals surface area contributed by atoms with E-state index in [9.17, 15) is 0 Å². The standard InChI is InChI=1S/C59H36N4O/c1-35-54(37-19-6-3-7-20-37)60-59(39-22-16-21-38(33-39)36-17-4-2-5-18-36)61-55(35)44-31-32-50(52-43-26-11-15-30-51(43)64-58(44)52)63-48-28-13-9-24-41(48)46-34-45-40-23-8-12-27-47(40)62-49-29-14-10-25-42(49)53(56(45)62)57(46)63/h2-34H,1H3. The SMILES string of the molecule is Cc1c(-c2ccccc2)nc(-c2cccc(-c3ccccc3)c2)nc1-c1ccc(-n2c3ccccc3c3cc4c5ccccc5n5c6ccccc6c(c32)c45)c2c1oc1ccccc12. The zero-order chi connectivity index (χ0) is 42.0. The monoisotopic (exact) mass is 816 g/mol. The maximum Gasteiger partial charge on any atom is 0.160 e. The molecule has 0 N–H and O–H groups in total. The molecule has 0 radical (unpaired) electrons. The van der Waals surface area contributed by atoms with E-state index in [4.69, 9.17) is 14.4 Å². The Morgan fingerprint density at radius 1 is 0.406 bits per heavy atom. The zero-order valence-corrected chi connectivity index (χ0v) is 34.7. The average Bonchev–Trinajstić information content (AvgIpc) is 4.11. The first kappa shape index (κ1) is 35.1. The van der Waals surface area contributed by atoms with Gasteiger partial charge in [0.05, 0.1) is 50.0 Å². The molecule has 0 saturated heterocycles. The third kappa shape index (κ3) is 4.83. The van der Waals surface area contributed by atoms with E-state index >= 15 is 0 Å². The lowest BCUT2D eigenvalue weighted by atomic mass is 9.97. The summed E-state index contributed by atoms with van der Waals surface area (Å²) in [5, 5.41) is 9.56. The van der Waals surface area contributed by atoms with E-state index in [1.807, 2.05) is 12.1 Å². The Kier molecular flexibility index (Phi) is 7.26. The summed E-state index contributed by atoms with van der Waals surface area (Å²) in [7, 11) is 0. The molecule has 0 unspecified atom stereocenters. The van der Waals surface area contributed by atoms with E-state index in [-0.39, 0.29) is 0 Å². The molecule has 298 valence electrons. The van der Waals surface area contributed by atoms with Crippen LogP contribution in [0.5, 0.6) is 0 Å². The minimum atomic E-state index is 0.661. The fraction of sp³-hybridized carbons (Fsp3) is 0.0169. The van der Waals surface area contributed by atoms with Crippen LogP contribution in [0.25, 0.3) is 133 Å². The lowest BCUT2D eigenvalue weighted by Gasteiger charge is -2.16. The Labute approximate surface area is 367 Å². The van der Waals surface area contributed by atoms with Crippen molar-refractivity contribution >= 4 is 81.8 Å². The molecule has 5 aromatic heterocycles. The summed E-state index contributed by atoms with van der Waals surface area (Å²) in [6.45, 7) is 2.14. The Morgan fingerprint density at radius 2 is 0.984 bits per heavy atom. The van der Waals surface area contributed by atoms with Crippen molar-refractivity contribution in [1.29, 1.82) is 0 Å². The number of rotatable bonds is 5. The number of hydrogen-bond acceptors (Lipinski definition) is 3. The van der Waals surface area contributed by atoms with Crippen molar-refractivity contribution in [2.24, 2.45) is 0 Å². The molecule has 0 spiro atoms. The molecule has 0 saturated carbocycles. The van der Waals surface area contributed by atoms with Crippen LogP contribution in [0.3, 0.4) is 0 Å². The van der Waals surface area contributed by atoms with Crippen molar-refractivity contribution in [3.8, 4) is 50.7 Å². The molecule has 0 bridgehead atoms. The van der Waals surface area contributed by atoms with Crippen LogP contribution in [0.4, 0.5) is 0 Å². The summed E-state index contributed by atoms with van der Waals surface area (Å²) in [5.74, 6) is 0.661. The van der Waals surface area contributed by atoms with Gasteiger partial charge in [-0.05, 0) is 66.6 Å². The van der Waals surface area contributed by atoms with Crippen LogP contribution in [-0.4, -0.2) is 18.9 Å². The van der Waals surface area contributed by atoms with Gasteiger partial charge in [-0.25, -0.2) is 9.97 Å². The highest BCUT2D eigenvalue weighted by Crippen LogP contribution is 2.49. The molecule has 5 heterocycles. The highest BCUT2D eigenvalue weighted by atomic mass is 16.3. The van der Waals surface area contributed by atoms with Crippen molar-refractivity contribution < 1.29 is 4.42 Å². The molecule has 64 heavy (non-hydrogen) atoms. The summed E-state index contributed by atoms with van der Waals surface area (Å²) < 4.78 is 12.0. The number of aromatic nitrogens is 4. The third-order valence-corrected chi connectivity index (χ3v) is 13.4. The lowest BCUT2D eigenvalue weighted by molar-refractivity contribution is 0.669. The first-order chi connectivity index (χ1) is 31.7. The van der Waals surface area contributed by atoms with Crippen LogP contribution < -0.4 is 0 Å². The first-order valence-corrected chi connectivity index (χ1v) is 21.8. The van der Waals surface area contributed by atoms with Crippen LogP contribution in [-0.2, 0) is 0 Å². The van der Waals surface area contributed by atoms with Crippen LogP contribution in [0.15, 0.2) is 205 Å². The molecule has 0 fully saturated rings. The fourth-order valence-electron chi connectivity index (χ4n) is 10.6. The topological polar surface area (TPSA) is 48.3 Å². The summed E-state index contributed by atoms with van der Waals surface area (Å²) in [6, 6.07) is 71.4. The molecule has 0 amide bonds. The molecule has 9 aromatic carbocycles. The Hall–Kier alpha value is -8.54. The van der Waals surface area contributed by atoms with Crippen molar-refractivity contribution in [2.75, 3.05) is 0 Å². The molecule has 5 heteroatoms. The van der Waals surface area contributed by atoms with Gasteiger partial charge >= 0.3 is 0 Å². The van der Waals surface area contributed by atoms with E-state index in [1.165, 1.54) is 54.4 Å². The summed E-state index contributed by atoms with van der Waals surface area (Å²) >= 11 is 0. The quantitative estimate of drug-likeness (QED) is 0.174. The number of fused-ring (bicyclic) bond motifs is 13. The number of nitrogens with zero attached hydrogens (tertiary/aromatic N) is 4. The summed E-state index contributed by atoms with van der Waals surface area (Å²) in [6.07, 6.45) is 0. The predicted octanol–water partition coefficient (Wildman–Crippen LogP) is 15.6. The number of hydrogen-bond donors (Lipinski definition) is 0. The summed E-state index contributed by atoms with van der Waals surface area (Å²) in [4.78, 5) is 10.8. The van der Waals surface area contributed by atoms with Crippen molar-refractivity contribution in [1.82, 2.24) is 18.9 Å². The van der Waals surface area contributed by atoms with Crippen molar-refractivity contribution in [3.63, 3.8) is 0 Å². The second-order valence-corrected chi connectivity index (χ2v) is 16.9. The van der Waals surface area contributed by atoms with Gasteiger partial charge in [0.15, 0.2) is 5.82 Å². The molecule has 0 aliphatic rings. The van der Waals surface area contributed by atoms with Crippen molar-refractivity contribution in [3.05, 3.63) is 206 Å². The number of benzene rings is 9. The van der Waals surface area contributed by atoms with E-state index < -0.39 is 0 Å². The molecule has 0 aliphatic heterocycles. The van der Waals surface area contributed by atoms with Gasteiger partial charge in [-0.1, -0.05) is 152 Å². The predicted molar refractivity (Wildman–Crippen MR) is 265 cm³/mol. The van der Waals surface area contributed by atoms with Crippen LogP contribution >= 0.6 is 0 Å². The maximum absolute atomic E-state index is 7.08. The number of para-hydroxylation sites is 4. The normalized spacial score (nSPS) is 12.1. The van der Waals surface area contributed by atoms with Crippen LogP contribution in [0, 0.1) is 6.92 Å². The molecule has 0 aliphatic carbocycles. The smallest absolute Gasteiger partial charge is 0.160 e. The largest absolute Gasteiger partial charge is 0.455 e. The third-order valence-electron chi connectivity index (χ3n) is 13.4. The highest BCUT2D eigenvalue weighted by molar-refractivity contribution is 6.34.